The SMILES string of the molecule is CF.FCF.O=c1ccn(C2CCC(COP3OCc4ccccc4O3)O2)c(=O)[nH]1. The maximum atomic E-state index is 11.8. The van der Waals surface area contributed by atoms with Crippen molar-refractivity contribution in [1.29, 1.82) is 0 Å². The molecule has 3 heterocycles. The fraction of sp³-hybridized carbons (Fsp3) is 0.444. The molecule has 4 rings (SSSR count). The van der Waals surface area contributed by atoms with Crippen LogP contribution in [0.25, 0.3) is 0 Å². The zero-order valence-electron chi connectivity index (χ0n) is 16.1. The quantitative estimate of drug-likeness (QED) is 0.717. The molecular weight excluding hydrogens is 428 g/mol. The van der Waals surface area contributed by atoms with E-state index in [1.54, 1.807) is 0 Å². The fourth-order valence-electron chi connectivity index (χ4n) is 2.82. The highest BCUT2D eigenvalue weighted by Gasteiger charge is 2.30. The van der Waals surface area contributed by atoms with Crippen molar-refractivity contribution in [2.24, 2.45) is 0 Å². The van der Waals surface area contributed by atoms with E-state index in [4.69, 9.17) is 18.3 Å². The molecule has 0 saturated carbocycles. The first-order valence-corrected chi connectivity index (χ1v) is 9.98. The van der Waals surface area contributed by atoms with Gasteiger partial charge in [0.05, 0.1) is 26.5 Å². The van der Waals surface area contributed by atoms with E-state index < -0.39 is 33.0 Å². The zero-order chi connectivity index (χ0) is 21.9. The Morgan fingerprint density at radius 2 is 1.93 bits per heavy atom. The van der Waals surface area contributed by atoms with Crippen molar-refractivity contribution in [2.75, 3.05) is 20.7 Å². The van der Waals surface area contributed by atoms with Crippen molar-refractivity contribution in [3.8, 4) is 5.75 Å². The molecule has 30 heavy (non-hydrogen) atoms. The molecule has 3 atom stereocenters. The predicted octanol–water partition coefficient (Wildman–Crippen LogP) is 3.54. The molecule has 1 N–H and O–H groups in total. The second kappa shape index (κ2) is 12.5. The summed E-state index contributed by atoms with van der Waals surface area (Å²) in [7, 11) is -0.950. The van der Waals surface area contributed by atoms with Crippen LogP contribution in [0, 0.1) is 0 Å². The molecule has 2 aliphatic heterocycles. The number of rotatable bonds is 4. The van der Waals surface area contributed by atoms with E-state index in [2.05, 4.69) is 4.98 Å². The minimum Gasteiger partial charge on any atom is -0.426 e. The van der Waals surface area contributed by atoms with Crippen LogP contribution in [0.15, 0.2) is 46.1 Å². The summed E-state index contributed by atoms with van der Waals surface area (Å²) >= 11 is 0. The summed E-state index contributed by atoms with van der Waals surface area (Å²) in [6.07, 6.45) is 2.30. The Labute approximate surface area is 171 Å². The monoisotopic (exact) mass is 450 g/mol. The van der Waals surface area contributed by atoms with Crippen LogP contribution < -0.4 is 15.8 Å². The third-order valence-electron chi connectivity index (χ3n) is 4.08. The van der Waals surface area contributed by atoms with Gasteiger partial charge >= 0.3 is 14.3 Å². The second-order valence-electron chi connectivity index (χ2n) is 5.90. The Morgan fingerprint density at radius 3 is 2.67 bits per heavy atom. The van der Waals surface area contributed by atoms with Gasteiger partial charge in [-0.05, 0) is 18.9 Å². The van der Waals surface area contributed by atoms with E-state index in [-0.39, 0.29) is 6.10 Å². The summed E-state index contributed by atoms with van der Waals surface area (Å²) in [5, 5.41) is 0. The van der Waals surface area contributed by atoms with Crippen LogP contribution in [-0.2, 0) is 20.4 Å². The highest BCUT2D eigenvalue weighted by Crippen LogP contribution is 2.47. The molecule has 8 nitrogen and oxygen atoms in total. The topological polar surface area (TPSA) is 91.8 Å². The van der Waals surface area contributed by atoms with E-state index in [0.29, 0.717) is 26.8 Å². The summed E-state index contributed by atoms with van der Waals surface area (Å²) in [5.41, 5.74) is 0.104. The molecule has 3 unspecified atom stereocenters. The van der Waals surface area contributed by atoms with Gasteiger partial charge in [-0.2, -0.15) is 0 Å². The number of benzene rings is 1. The number of ether oxygens (including phenoxy) is 1. The Morgan fingerprint density at radius 1 is 1.20 bits per heavy atom. The lowest BCUT2D eigenvalue weighted by Crippen LogP contribution is -2.31. The number of aromatic amines is 1. The molecule has 0 radical (unpaired) electrons. The largest absolute Gasteiger partial charge is 0.426 e. The van der Waals surface area contributed by atoms with Gasteiger partial charge in [0, 0.05) is 17.8 Å². The molecule has 1 aromatic carbocycles. The van der Waals surface area contributed by atoms with Crippen molar-refractivity contribution in [3.05, 3.63) is 62.9 Å². The Bertz CT molecular complexity index is 896. The van der Waals surface area contributed by atoms with Gasteiger partial charge in [-0.25, -0.2) is 13.6 Å². The standard InChI is InChI=1S/C16H17N2O6P.CH2F2.CH3F/c19-14-7-8-18(16(20)17-14)15-6-5-12(23-15)10-22-25-21-9-11-3-1-2-4-13(11)24-25;2-1-3;1-2/h1-4,7-8,12,15H,5-6,9-10H2,(H,17,19,20);1H2;1H3. The maximum absolute atomic E-state index is 11.8. The van der Waals surface area contributed by atoms with Crippen LogP contribution in [-0.4, -0.2) is 36.4 Å². The fourth-order valence-corrected chi connectivity index (χ4v) is 3.87. The van der Waals surface area contributed by atoms with Gasteiger partial charge in [-0.1, -0.05) is 18.2 Å². The van der Waals surface area contributed by atoms with E-state index in [1.807, 2.05) is 24.3 Å². The Balaban J connectivity index is 0.000000590. The number of fused-ring (bicyclic) bond motifs is 1. The average molecular weight is 450 g/mol. The number of aromatic nitrogens is 2. The number of halogens is 3. The van der Waals surface area contributed by atoms with Crippen molar-refractivity contribution in [1.82, 2.24) is 9.55 Å². The van der Waals surface area contributed by atoms with E-state index >= 15 is 0 Å². The van der Waals surface area contributed by atoms with Gasteiger partial charge in [0.1, 0.15) is 12.0 Å². The van der Waals surface area contributed by atoms with Crippen molar-refractivity contribution in [2.45, 2.75) is 31.8 Å². The van der Waals surface area contributed by atoms with Gasteiger partial charge in [0.2, 0.25) is 6.93 Å². The van der Waals surface area contributed by atoms with Crippen LogP contribution in [0.5, 0.6) is 5.75 Å². The van der Waals surface area contributed by atoms with Crippen LogP contribution >= 0.6 is 8.60 Å². The lowest BCUT2D eigenvalue weighted by atomic mass is 10.2. The first-order valence-electron chi connectivity index (χ1n) is 8.89. The number of nitrogens with zero attached hydrogens (tertiary/aromatic N) is 1. The van der Waals surface area contributed by atoms with E-state index in [9.17, 15) is 22.8 Å². The molecule has 1 aromatic heterocycles. The minimum atomic E-state index is -1.75. The van der Waals surface area contributed by atoms with Crippen LogP contribution in [0.1, 0.15) is 24.6 Å². The van der Waals surface area contributed by atoms with Gasteiger partial charge in [0.15, 0.2) is 0 Å². The molecule has 166 valence electrons. The first-order chi connectivity index (χ1) is 14.6. The lowest BCUT2D eigenvalue weighted by molar-refractivity contribution is -0.0229. The molecule has 0 aliphatic carbocycles. The summed E-state index contributed by atoms with van der Waals surface area (Å²) < 4.78 is 53.0. The van der Waals surface area contributed by atoms with Crippen LogP contribution in [0.2, 0.25) is 0 Å². The van der Waals surface area contributed by atoms with E-state index in [0.717, 1.165) is 17.7 Å². The number of hydrogen-bond acceptors (Lipinski definition) is 6. The Hall–Kier alpha value is -2.20. The lowest BCUT2D eigenvalue weighted by Gasteiger charge is -2.24. The zero-order valence-corrected chi connectivity index (χ0v) is 17.0. The number of para-hydroxylation sites is 1. The van der Waals surface area contributed by atoms with Crippen molar-refractivity contribution in [3.63, 3.8) is 0 Å². The number of H-pyrrole nitrogens is 1. The molecule has 0 amide bonds. The number of nitrogens with one attached hydrogen (secondary N) is 1. The third kappa shape index (κ3) is 6.66. The van der Waals surface area contributed by atoms with Gasteiger partial charge < -0.3 is 9.26 Å². The summed E-state index contributed by atoms with van der Waals surface area (Å²) in [5.74, 6) is 0.782. The summed E-state index contributed by atoms with van der Waals surface area (Å²) in [6.45, 7) is -0.967. The molecule has 2 aromatic rings. The molecule has 0 spiro atoms. The smallest absolute Gasteiger partial charge is 0.397 e. The molecule has 1 saturated heterocycles. The average Bonchev–Trinajstić information content (AvgIpc) is 3.23. The van der Waals surface area contributed by atoms with Crippen LogP contribution in [0.4, 0.5) is 13.2 Å². The third-order valence-corrected chi connectivity index (χ3v) is 5.13. The summed E-state index contributed by atoms with van der Waals surface area (Å²) in [4.78, 5) is 25.2. The summed E-state index contributed by atoms with van der Waals surface area (Å²) in [6, 6.07) is 8.99. The number of alkyl halides is 3. The predicted molar refractivity (Wildman–Crippen MR) is 103 cm³/mol. The second-order valence-corrected chi connectivity index (χ2v) is 7.05. The molecular formula is C18H22F3N2O6P. The van der Waals surface area contributed by atoms with Crippen LogP contribution in [0.3, 0.4) is 0 Å². The Kier molecular flexibility index (Phi) is 10.0. The van der Waals surface area contributed by atoms with Gasteiger partial charge in [0.25, 0.3) is 5.56 Å². The van der Waals surface area contributed by atoms with Crippen molar-refractivity contribution >= 4 is 8.60 Å². The molecule has 0 bridgehead atoms. The molecule has 2 aliphatic rings. The van der Waals surface area contributed by atoms with Gasteiger partial charge in [-0.3, -0.25) is 27.8 Å². The minimum absolute atomic E-state index is 0.157. The maximum Gasteiger partial charge on any atom is 0.397 e. The van der Waals surface area contributed by atoms with Crippen molar-refractivity contribution < 1.29 is 31.5 Å². The highest BCUT2D eigenvalue weighted by atomic mass is 31.2. The first kappa shape index (κ1) is 24.1. The normalized spacial score (nSPS) is 21.9. The number of hydrogen-bond donors (Lipinski definition) is 1. The molecule has 12 heteroatoms. The highest BCUT2D eigenvalue weighted by molar-refractivity contribution is 7.42. The molecule has 1 fully saturated rings. The van der Waals surface area contributed by atoms with E-state index in [1.165, 1.54) is 16.8 Å². The van der Waals surface area contributed by atoms with Gasteiger partial charge in [-0.15, -0.1) is 0 Å².